The number of hydrogen-bond donors (Lipinski definition) is 1. The third-order valence-electron chi connectivity index (χ3n) is 1.67. The van der Waals surface area contributed by atoms with Crippen molar-refractivity contribution in [3.63, 3.8) is 0 Å². The van der Waals surface area contributed by atoms with Crippen molar-refractivity contribution < 1.29 is 0 Å². The van der Waals surface area contributed by atoms with Gasteiger partial charge >= 0.3 is 0 Å². The molecule has 0 radical (unpaired) electrons. The van der Waals surface area contributed by atoms with Gasteiger partial charge in [-0.2, -0.15) is 0 Å². The summed E-state index contributed by atoms with van der Waals surface area (Å²) in [5, 5.41) is 3.23. The average molecular weight is 97.2 g/mol. The summed E-state index contributed by atoms with van der Waals surface area (Å²) < 4.78 is 0. The van der Waals surface area contributed by atoms with Crippen LogP contribution in [0.2, 0.25) is 0 Å². The fourth-order valence-corrected chi connectivity index (χ4v) is 0.794. The molecule has 1 aliphatic heterocycles. The van der Waals surface area contributed by atoms with E-state index in [0.717, 1.165) is 0 Å². The molecule has 0 aromatic rings. The Morgan fingerprint density at radius 3 is 2.00 bits per heavy atom. The second kappa shape index (κ2) is 1.25. The Morgan fingerprint density at radius 2 is 2.00 bits per heavy atom. The lowest BCUT2D eigenvalue weighted by atomic mass is 10.0. The number of allylic oxidation sites excluding steroid dienone is 1. The molecular formula is C6H11N. The van der Waals surface area contributed by atoms with Crippen LogP contribution >= 0.6 is 0 Å². The molecule has 0 spiro atoms. The number of rotatable bonds is 0. The van der Waals surface area contributed by atoms with Gasteiger partial charge in [0.1, 0.15) is 0 Å². The van der Waals surface area contributed by atoms with Gasteiger partial charge in [-0.3, -0.25) is 0 Å². The van der Waals surface area contributed by atoms with E-state index < -0.39 is 0 Å². The Balaban J connectivity index is 2.65. The minimum atomic E-state index is 0.639. The quantitative estimate of drug-likeness (QED) is 0.480. The van der Waals surface area contributed by atoms with Gasteiger partial charge in [0.15, 0.2) is 0 Å². The summed E-state index contributed by atoms with van der Waals surface area (Å²) >= 11 is 0. The predicted octanol–water partition coefficient (Wildman–Crippen LogP) is 1.27. The molecule has 0 aromatic heterocycles. The molecule has 1 heteroatoms. The molecular weight excluding hydrogens is 86.1 g/mol. The van der Waals surface area contributed by atoms with E-state index in [1.807, 2.05) is 0 Å². The van der Waals surface area contributed by atoms with E-state index >= 15 is 0 Å². The normalized spacial score (nSPS) is 29.3. The van der Waals surface area contributed by atoms with Crippen LogP contribution in [0.15, 0.2) is 11.3 Å². The van der Waals surface area contributed by atoms with Crippen LogP contribution in [-0.2, 0) is 0 Å². The first-order valence-corrected chi connectivity index (χ1v) is 2.65. The van der Waals surface area contributed by atoms with Crippen molar-refractivity contribution in [2.75, 3.05) is 0 Å². The molecule has 7 heavy (non-hydrogen) atoms. The van der Waals surface area contributed by atoms with E-state index in [9.17, 15) is 0 Å². The minimum Gasteiger partial charge on any atom is -0.382 e. The molecule has 0 unspecified atom stereocenters. The van der Waals surface area contributed by atoms with Gasteiger partial charge in [-0.05, 0) is 26.3 Å². The Bertz CT molecular complexity index is 113. The molecule has 1 aliphatic rings. The Morgan fingerprint density at radius 1 is 1.43 bits per heavy atom. The van der Waals surface area contributed by atoms with Gasteiger partial charge in [0.05, 0.1) is 0 Å². The van der Waals surface area contributed by atoms with Crippen LogP contribution < -0.4 is 5.32 Å². The number of hydrogen-bond acceptors (Lipinski definition) is 1. The highest BCUT2D eigenvalue weighted by Gasteiger charge is 2.15. The Labute approximate surface area is 44.4 Å². The molecule has 0 aliphatic carbocycles. The molecule has 0 saturated heterocycles. The first-order chi connectivity index (χ1) is 3.22. The molecule has 1 nitrogen and oxygen atoms in total. The van der Waals surface area contributed by atoms with Crippen molar-refractivity contribution in [3.05, 3.63) is 11.3 Å². The lowest BCUT2D eigenvalue weighted by Crippen LogP contribution is -2.36. The van der Waals surface area contributed by atoms with E-state index in [-0.39, 0.29) is 0 Å². The van der Waals surface area contributed by atoms with Crippen LogP contribution in [0.3, 0.4) is 0 Å². The van der Waals surface area contributed by atoms with Gasteiger partial charge < -0.3 is 5.32 Å². The maximum atomic E-state index is 3.23. The zero-order valence-electron chi connectivity index (χ0n) is 5.08. The Kier molecular flexibility index (Phi) is 0.841. The van der Waals surface area contributed by atoms with Crippen molar-refractivity contribution in [3.8, 4) is 0 Å². The first-order valence-electron chi connectivity index (χ1n) is 2.65. The summed E-state index contributed by atoms with van der Waals surface area (Å²) in [7, 11) is 0. The van der Waals surface area contributed by atoms with Gasteiger partial charge in [-0.15, -0.1) is 0 Å². The molecule has 1 atom stereocenters. The highest BCUT2D eigenvalue weighted by molar-refractivity contribution is 5.24. The molecule has 40 valence electrons. The highest BCUT2D eigenvalue weighted by atomic mass is 15.0. The van der Waals surface area contributed by atoms with Crippen molar-refractivity contribution in [2.45, 2.75) is 26.8 Å². The lowest BCUT2D eigenvalue weighted by Gasteiger charge is -2.28. The van der Waals surface area contributed by atoms with Gasteiger partial charge in [0.2, 0.25) is 0 Å². The summed E-state index contributed by atoms with van der Waals surface area (Å²) in [6, 6.07) is 0.639. The molecule has 0 fully saturated rings. The zero-order valence-corrected chi connectivity index (χ0v) is 5.08. The van der Waals surface area contributed by atoms with Crippen LogP contribution in [-0.4, -0.2) is 6.04 Å². The van der Waals surface area contributed by atoms with Crippen LogP contribution in [0.1, 0.15) is 20.8 Å². The summed E-state index contributed by atoms with van der Waals surface area (Å²) in [6.45, 7) is 6.44. The smallest absolute Gasteiger partial charge is 0.0459 e. The van der Waals surface area contributed by atoms with Crippen molar-refractivity contribution in [1.29, 1.82) is 0 Å². The van der Waals surface area contributed by atoms with Gasteiger partial charge in [-0.1, -0.05) is 0 Å². The van der Waals surface area contributed by atoms with Crippen LogP contribution in [0, 0.1) is 0 Å². The van der Waals surface area contributed by atoms with Crippen LogP contribution in [0.25, 0.3) is 0 Å². The summed E-state index contributed by atoms with van der Waals surface area (Å²) in [5.74, 6) is 0. The van der Waals surface area contributed by atoms with E-state index in [2.05, 4.69) is 26.1 Å². The topological polar surface area (TPSA) is 12.0 Å². The molecule has 0 aromatic carbocycles. The van der Waals surface area contributed by atoms with Crippen molar-refractivity contribution >= 4 is 0 Å². The SMILES string of the molecule is CC1=C(C)[C@H](C)N1. The second-order valence-electron chi connectivity index (χ2n) is 2.17. The molecule has 1 rings (SSSR count). The third-order valence-corrected chi connectivity index (χ3v) is 1.67. The largest absolute Gasteiger partial charge is 0.382 e. The van der Waals surface area contributed by atoms with Gasteiger partial charge in [0.25, 0.3) is 0 Å². The van der Waals surface area contributed by atoms with E-state index in [1.54, 1.807) is 0 Å². The average Bonchev–Trinajstić information content (AvgIpc) is 1.68. The maximum absolute atomic E-state index is 3.23. The fourth-order valence-electron chi connectivity index (χ4n) is 0.794. The summed E-state index contributed by atoms with van der Waals surface area (Å²) in [6.07, 6.45) is 0. The second-order valence-corrected chi connectivity index (χ2v) is 2.17. The van der Waals surface area contributed by atoms with Crippen molar-refractivity contribution in [1.82, 2.24) is 5.32 Å². The molecule has 0 saturated carbocycles. The predicted molar refractivity (Wildman–Crippen MR) is 31.0 cm³/mol. The van der Waals surface area contributed by atoms with E-state index in [0.29, 0.717) is 6.04 Å². The van der Waals surface area contributed by atoms with E-state index in [4.69, 9.17) is 0 Å². The van der Waals surface area contributed by atoms with Gasteiger partial charge in [0, 0.05) is 11.7 Å². The first kappa shape index (κ1) is 4.69. The molecule has 0 bridgehead atoms. The van der Waals surface area contributed by atoms with Gasteiger partial charge in [-0.25, -0.2) is 0 Å². The summed E-state index contributed by atoms with van der Waals surface area (Å²) in [4.78, 5) is 0. The van der Waals surface area contributed by atoms with Crippen LogP contribution in [0.5, 0.6) is 0 Å². The standard InChI is InChI=1S/C6H11N/c1-4-5(2)7-6(4)3/h5,7H,1-3H3/t5-/m0/s1. The summed E-state index contributed by atoms with van der Waals surface area (Å²) in [5.41, 5.74) is 2.85. The minimum absolute atomic E-state index is 0.639. The Hall–Kier alpha value is -0.460. The zero-order chi connectivity index (χ0) is 5.44. The highest BCUT2D eigenvalue weighted by Crippen LogP contribution is 2.15. The number of nitrogens with one attached hydrogen (secondary N) is 1. The van der Waals surface area contributed by atoms with Crippen LogP contribution in [0.4, 0.5) is 0 Å². The molecule has 1 N–H and O–H groups in total. The third kappa shape index (κ3) is 0.521. The lowest BCUT2D eigenvalue weighted by molar-refractivity contribution is 0.597. The van der Waals surface area contributed by atoms with E-state index in [1.165, 1.54) is 11.3 Å². The molecule has 0 amide bonds. The van der Waals surface area contributed by atoms with Crippen molar-refractivity contribution in [2.24, 2.45) is 0 Å². The maximum Gasteiger partial charge on any atom is 0.0459 e. The molecule has 1 heterocycles. The fraction of sp³-hybridized carbons (Fsp3) is 0.667. The monoisotopic (exact) mass is 97.1 g/mol.